The van der Waals surface area contributed by atoms with Crippen LogP contribution in [0.4, 0.5) is 8.78 Å². The van der Waals surface area contributed by atoms with Crippen LogP contribution in [-0.4, -0.2) is 11.2 Å². The maximum atomic E-state index is 13.5. The molecule has 0 heterocycles. The van der Waals surface area contributed by atoms with Crippen LogP contribution in [0.15, 0.2) is 29.8 Å². The Morgan fingerprint density at radius 2 is 2.00 bits per heavy atom. The summed E-state index contributed by atoms with van der Waals surface area (Å²) in [5, 5.41) is 10.1. The Labute approximate surface area is 106 Å². The van der Waals surface area contributed by atoms with Gasteiger partial charge in [-0.1, -0.05) is 24.6 Å². The average molecular weight is 252 g/mol. The summed E-state index contributed by atoms with van der Waals surface area (Å²) in [6.45, 7) is 0. The first kappa shape index (κ1) is 13.2. The lowest BCUT2D eigenvalue weighted by molar-refractivity contribution is 0.204. The Bertz CT molecular complexity index is 440. The van der Waals surface area contributed by atoms with Crippen LogP contribution in [0.1, 0.15) is 37.7 Å². The lowest BCUT2D eigenvalue weighted by Gasteiger charge is -2.14. The fraction of sp³-hybridized carbons (Fsp3) is 0.467. The van der Waals surface area contributed by atoms with Crippen LogP contribution in [0.25, 0.3) is 0 Å². The second kappa shape index (κ2) is 6.10. The van der Waals surface area contributed by atoms with Gasteiger partial charge >= 0.3 is 0 Å². The molecule has 1 aliphatic rings. The molecular weight excluding hydrogens is 234 g/mol. The molecule has 0 saturated carbocycles. The number of hydrogen-bond donors (Lipinski definition) is 1. The normalized spacial score (nSPS) is 18.1. The second-order valence-electron chi connectivity index (χ2n) is 4.81. The van der Waals surface area contributed by atoms with Gasteiger partial charge in [0.1, 0.15) is 0 Å². The van der Waals surface area contributed by atoms with Crippen LogP contribution in [0.3, 0.4) is 0 Å². The third kappa shape index (κ3) is 3.16. The summed E-state index contributed by atoms with van der Waals surface area (Å²) in [7, 11) is 0. The molecule has 1 aliphatic carbocycles. The quantitative estimate of drug-likeness (QED) is 0.812. The SMILES string of the molecule is OC(Cc1cccc(F)c1F)C1=CCCCCC1. The minimum atomic E-state index is -0.852. The standard InChI is InChI=1S/C15H18F2O/c16-13-9-5-8-12(15(13)17)10-14(18)11-6-3-1-2-4-7-11/h5-6,8-9,14,18H,1-4,7,10H2. The van der Waals surface area contributed by atoms with Crippen molar-refractivity contribution in [3.63, 3.8) is 0 Å². The van der Waals surface area contributed by atoms with E-state index in [1.807, 2.05) is 0 Å². The van der Waals surface area contributed by atoms with Gasteiger partial charge in [0.05, 0.1) is 6.10 Å². The van der Waals surface area contributed by atoms with Crippen LogP contribution in [0.2, 0.25) is 0 Å². The Balaban J connectivity index is 2.08. The van der Waals surface area contributed by atoms with Gasteiger partial charge in [-0.15, -0.1) is 0 Å². The number of allylic oxidation sites excluding steroid dienone is 1. The first-order valence-electron chi connectivity index (χ1n) is 6.48. The van der Waals surface area contributed by atoms with E-state index in [2.05, 4.69) is 6.08 Å². The first-order valence-corrected chi connectivity index (χ1v) is 6.48. The largest absolute Gasteiger partial charge is 0.388 e. The fourth-order valence-electron chi connectivity index (χ4n) is 2.39. The predicted molar refractivity (Wildman–Crippen MR) is 67.2 cm³/mol. The molecule has 1 aromatic carbocycles. The second-order valence-corrected chi connectivity index (χ2v) is 4.81. The molecule has 0 radical (unpaired) electrons. The Hall–Kier alpha value is -1.22. The third-order valence-corrected chi connectivity index (χ3v) is 3.45. The summed E-state index contributed by atoms with van der Waals surface area (Å²) < 4.78 is 26.6. The summed E-state index contributed by atoms with van der Waals surface area (Å²) in [6.07, 6.45) is 6.71. The lowest BCUT2D eigenvalue weighted by Crippen LogP contribution is -2.15. The molecule has 0 bridgehead atoms. The van der Waals surface area contributed by atoms with Crippen molar-refractivity contribution in [1.82, 2.24) is 0 Å². The average Bonchev–Trinajstić information content (AvgIpc) is 2.63. The molecule has 1 aromatic rings. The highest BCUT2D eigenvalue weighted by Crippen LogP contribution is 2.23. The molecule has 0 spiro atoms. The Morgan fingerprint density at radius 3 is 2.83 bits per heavy atom. The van der Waals surface area contributed by atoms with Crippen LogP contribution in [0.5, 0.6) is 0 Å². The van der Waals surface area contributed by atoms with Crippen molar-refractivity contribution in [3.8, 4) is 0 Å². The summed E-state index contributed by atoms with van der Waals surface area (Å²) in [4.78, 5) is 0. The number of aliphatic hydroxyl groups is 1. The smallest absolute Gasteiger partial charge is 0.162 e. The van der Waals surface area contributed by atoms with E-state index in [0.29, 0.717) is 0 Å². The van der Waals surface area contributed by atoms with Gasteiger partial charge in [0.15, 0.2) is 11.6 Å². The van der Waals surface area contributed by atoms with Gasteiger partial charge in [-0.2, -0.15) is 0 Å². The number of halogens is 2. The molecule has 1 N–H and O–H groups in total. The summed E-state index contributed by atoms with van der Waals surface area (Å²) in [6, 6.07) is 4.09. The minimum Gasteiger partial charge on any atom is -0.388 e. The van der Waals surface area contributed by atoms with Crippen LogP contribution in [0, 0.1) is 11.6 Å². The lowest BCUT2D eigenvalue weighted by atomic mass is 9.98. The highest BCUT2D eigenvalue weighted by molar-refractivity contribution is 5.22. The molecule has 0 aromatic heterocycles. The monoisotopic (exact) mass is 252 g/mol. The maximum Gasteiger partial charge on any atom is 0.162 e. The zero-order chi connectivity index (χ0) is 13.0. The Morgan fingerprint density at radius 1 is 1.17 bits per heavy atom. The van der Waals surface area contributed by atoms with E-state index in [1.54, 1.807) is 0 Å². The van der Waals surface area contributed by atoms with Gasteiger partial charge in [0.25, 0.3) is 0 Å². The van der Waals surface area contributed by atoms with E-state index < -0.39 is 17.7 Å². The molecule has 0 fully saturated rings. The van der Waals surface area contributed by atoms with Gasteiger partial charge in [-0.3, -0.25) is 0 Å². The molecule has 0 aliphatic heterocycles. The van der Waals surface area contributed by atoms with Crippen molar-refractivity contribution in [3.05, 3.63) is 47.0 Å². The van der Waals surface area contributed by atoms with Gasteiger partial charge < -0.3 is 5.11 Å². The highest BCUT2D eigenvalue weighted by atomic mass is 19.2. The van der Waals surface area contributed by atoms with Crippen LogP contribution >= 0.6 is 0 Å². The molecule has 1 nitrogen and oxygen atoms in total. The Kier molecular flexibility index (Phi) is 4.48. The van der Waals surface area contributed by atoms with Crippen molar-refractivity contribution in [2.75, 3.05) is 0 Å². The van der Waals surface area contributed by atoms with Crippen LogP contribution in [-0.2, 0) is 6.42 Å². The zero-order valence-corrected chi connectivity index (χ0v) is 10.3. The minimum absolute atomic E-state index is 0.148. The molecule has 18 heavy (non-hydrogen) atoms. The van der Waals surface area contributed by atoms with Gasteiger partial charge in [0.2, 0.25) is 0 Å². The molecule has 0 saturated heterocycles. The molecule has 0 amide bonds. The van der Waals surface area contributed by atoms with Crippen molar-refractivity contribution >= 4 is 0 Å². The van der Waals surface area contributed by atoms with E-state index in [9.17, 15) is 13.9 Å². The fourth-order valence-corrected chi connectivity index (χ4v) is 2.39. The predicted octanol–water partition coefficient (Wildman–Crippen LogP) is 3.76. The van der Waals surface area contributed by atoms with E-state index in [1.165, 1.54) is 18.6 Å². The molecule has 98 valence electrons. The van der Waals surface area contributed by atoms with Crippen molar-refractivity contribution in [2.24, 2.45) is 0 Å². The summed E-state index contributed by atoms with van der Waals surface area (Å²) >= 11 is 0. The van der Waals surface area contributed by atoms with Crippen molar-refractivity contribution in [1.29, 1.82) is 0 Å². The molecule has 2 rings (SSSR count). The number of aliphatic hydroxyl groups excluding tert-OH is 1. The summed E-state index contributed by atoms with van der Waals surface area (Å²) in [5.41, 5.74) is 1.21. The van der Waals surface area contributed by atoms with E-state index >= 15 is 0 Å². The van der Waals surface area contributed by atoms with Gasteiger partial charge in [-0.25, -0.2) is 8.78 Å². The molecule has 1 unspecified atom stereocenters. The molecule has 1 atom stereocenters. The topological polar surface area (TPSA) is 20.2 Å². The van der Waals surface area contributed by atoms with Gasteiger partial charge in [0, 0.05) is 6.42 Å². The van der Waals surface area contributed by atoms with E-state index in [0.717, 1.165) is 37.3 Å². The van der Waals surface area contributed by atoms with E-state index in [4.69, 9.17) is 0 Å². The van der Waals surface area contributed by atoms with Crippen molar-refractivity contribution < 1.29 is 13.9 Å². The molecule has 3 heteroatoms. The summed E-state index contributed by atoms with van der Waals surface area (Å²) in [5.74, 6) is -1.69. The van der Waals surface area contributed by atoms with Crippen molar-refractivity contribution in [2.45, 2.75) is 44.6 Å². The maximum absolute atomic E-state index is 13.5. The zero-order valence-electron chi connectivity index (χ0n) is 10.3. The first-order chi connectivity index (χ1) is 8.68. The number of hydrogen-bond acceptors (Lipinski definition) is 1. The van der Waals surface area contributed by atoms with Gasteiger partial charge in [-0.05, 0) is 42.9 Å². The van der Waals surface area contributed by atoms with E-state index in [-0.39, 0.29) is 12.0 Å². The number of benzene rings is 1. The highest BCUT2D eigenvalue weighted by Gasteiger charge is 2.16. The van der Waals surface area contributed by atoms with Crippen LogP contribution < -0.4 is 0 Å². The molecular formula is C15H18F2O. The number of rotatable bonds is 3. The third-order valence-electron chi connectivity index (χ3n) is 3.45.